The molecule has 0 aliphatic carbocycles. The number of nitrogens with two attached hydrogens (primary N) is 1. The van der Waals surface area contributed by atoms with Crippen LogP contribution in [0.5, 0.6) is 0 Å². The van der Waals surface area contributed by atoms with Crippen LogP contribution >= 0.6 is 11.3 Å². The zero-order valence-corrected chi connectivity index (χ0v) is 11.9. The molecule has 3 N–H and O–H groups in total. The number of anilines is 1. The number of ether oxygens (including phenoxy) is 1. The van der Waals surface area contributed by atoms with Gasteiger partial charge in [0.2, 0.25) is 10.0 Å². The van der Waals surface area contributed by atoms with Crippen LogP contribution in [-0.4, -0.2) is 38.4 Å². The number of sulfonamides is 1. The number of thiazole rings is 1. The molecule has 1 aliphatic heterocycles. The lowest BCUT2D eigenvalue weighted by atomic mass is 10.3. The third kappa shape index (κ3) is 4.47. The van der Waals surface area contributed by atoms with Gasteiger partial charge in [0.25, 0.3) is 0 Å². The summed E-state index contributed by atoms with van der Waals surface area (Å²) in [5, 5.41) is 0.319. The Kier molecular flexibility index (Phi) is 4.76. The highest BCUT2D eigenvalue weighted by Gasteiger charge is 2.23. The van der Waals surface area contributed by atoms with Crippen LogP contribution in [0.4, 0.5) is 5.13 Å². The van der Waals surface area contributed by atoms with Crippen molar-refractivity contribution in [3.8, 4) is 11.8 Å². The van der Waals surface area contributed by atoms with Crippen molar-refractivity contribution in [2.45, 2.75) is 18.9 Å². The first-order chi connectivity index (χ1) is 9.09. The largest absolute Gasteiger partial charge is 0.377 e. The van der Waals surface area contributed by atoms with E-state index in [4.69, 9.17) is 10.5 Å². The zero-order valence-electron chi connectivity index (χ0n) is 10.3. The van der Waals surface area contributed by atoms with Crippen LogP contribution in [0.25, 0.3) is 0 Å². The molecule has 1 aromatic heterocycles. The number of nitrogens with one attached hydrogen (secondary N) is 1. The van der Waals surface area contributed by atoms with Crippen molar-refractivity contribution in [1.82, 2.24) is 4.98 Å². The molecule has 2 heterocycles. The molecule has 0 saturated carbocycles. The van der Waals surface area contributed by atoms with E-state index in [-0.39, 0.29) is 18.4 Å². The van der Waals surface area contributed by atoms with Crippen LogP contribution in [-0.2, 0) is 14.8 Å². The predicted molar refractivity (Wildman–Crippen MR) is 74.4 cm³/mol. The molecule has 1 unspecified atom stereocenters. The summed E-state index contributed by atoms with van der Waals surface area (Å²) in [5.41, 5.74) is 5.26. The monoisotopic (exact) mass is 301 g/mol. The van der Waals surface area contributed by atoms with Crippen molar-refractivity contribution in [3.63, 3.8) is 0 Å². The fourth-order valence-electron chi connectivity index (χ4n) is 1.71. The van der Waals surface area contributed by atoms with Gasteiger partial charge in [-0.3, -0.25) is 4.72 Å². The van der Waals surface area contributed by atoms with Gasteiger partial charge in [0.1, 0.15) is 0 Å². The van der Waals surface area contributed by atoms with Crippen LogP contribution in [0.3, 0.4) is 0 Å². The van der Waals surface area contributed by atoms with Crippen LogP contribution < -0.4 is 10.5 Å². The predicted octanol–water partition coefficient (Wildman–Crippen LogP) is 0.374. The fraction of sp³-hybridized carbons (Fsp3) is 0.545. The summed E-state index contributed by atoms with van der Waals surface area (Å²) in [6.45, 7) is 0.897. The summed E-state index contributed by atoms with van der Waals surface area (Å²) in [5.74, 6) is 5.46. The molecule has 0 amide bonds. The van der Waals surface area contributed by atoms with Gasteiger partial charge in [0, 0.05) is 6.61 Å². The van der Waals surface area contributed by atoms with E-state index in [9.17, 15) is 8.42 Å². The third-order valence-corrected chi connectivity index (χ3v) is 4.76. The second-order valence-corrected chi connectivity index (χ2v) is 6.85. The van der Waals surface area contributed by atoms with E-state index >= 15 is 0 Å². The van der Waals surface area contributed by atoms with E-state index in [2.05, 4.69) is 21.5 Å². The molecule has 6 nitrogen and oxygen atoms in total. The quantitative estimate of drug-likeness (QED) is 0.784. The smallest absolute Gasteiger partial charge is 0.237 e. The molecule has 1 aliphatic rings. The second kappa shape index (κ2) is 6.34. The average molecular weight is 301 g/mol. The molecular weight excluding hydrogens is 286 g/mol. The Morgan fingerprint density at radius 1 is 1.63 bits per heavy atom. The van der Waals surface area contributed by atoms with Gasteiger partial charge >= 0.3 is 0 Å². The topological polar surface area (TPSA) is 94.3 Å². The van der Waals surface area contributed by atoms with E-state index < -0.39 is 10.0 Å². The van der Waals surface area contributed by atoms with Crippen molar-refractivity contribution in [2.24, 2.45) is 5.73 Å². The van der Waals surface area contributed by atoms with E-state index in [0.29, 0.717) is 16.6 Å². The Labute approximate surface area is 116 Å². The molecule has 1 saturated heterocycles. The van der Waals surface area contributed by atoms with Gasteiger partial charge < -0.3 is 10.5 Å². The molecule has 0 radical (unpaired) electrons. The summed E-state index contributed by atoms with van der Waals surface area (Å²) >= 11 is 1.19. The van der Waals surface area contributed by atoms with Crippen molar-refractivity contribution < 1.29 is 13.2 Å². The van der Waals surface area contributed by atoms with Crippen molar-refractivity contribution in [2.75, 3.05) is 23.6 Å². The fourth-order valence-corrected chi connectivity index (χ4v) is 3.96. The third-order valence-electron chi connectivity index (χ3n) is 2.49. The molecule has 0 spiro atoms. The summed E-state index contributed by atoms with van der Waals surface area (Å²) in [4.78, 5) is 4.65. The van der Waals surface area contributed by atoms with Crippen LogP contribution in [0.1, 0.15) is 17.7 Å². The van der Waals surface area contributed by atoms with Gasteiger partial charge in [0.05, 0.1) is 29.5 Å². The lowest BCUT2D eigenvalue weighted by Crippen LogP contribution is -2.25. The van der Waals surface area contributed by atoms with Crippen molar-refractivity contribution in [3.05, 3.63) is 11.1 Å². The standard InChI is InChI=1S/C11H15N3O3S2/c12-5-1-4-10-7-13-11(18-10)14-19(15,16)8-9-3-2-6-17-9/h7,9H,2-3,5-6,8,12H2,(H,13,14). The molecule has 19 heavy (non-hydrogen) atoms. The zero-order chi connectivity index (χ0) is 13.7. The summed E-state index contributed by atoms with van der Waals surface area (Å²) < 4.78 is 31.6. The van der Waals surface area contributed by atoms with Gasteiger partial charge in [-0.15, -0.1) is 0 Å². The number of rotatable bonds is 4. The second-order valence-electron chi connectivity index (χ2n) is 4.05. The van der Waals surface area contributed by atoms with Crippen LogP contribution in [0.15, 0.2) is 6.20 Å². The molecule has 104 valence electrons. The van der Waals surface area contributed by atoms with Gasteiger partial charge in [-0.25, -0.2) is 13.4 Å². The van der Waals surface area contributed by atoms with Gasteiger partial charge in [-0.2, -0.15) is 0 Å². The SMILES string of the molecule is NCC#Cc1cnc(NS(=O)(=O)CC2CCCO2)s1. The molecule has 1 fully saturated rings. The van der Waals surface area contributed by atoms with Crippen molar-refractivity contribution in [1.29, 1.82) is 0 Å². The first kappa shape index (κ1) is 14.3. The lowest BCUT2D eigenvalue weighted by Gasteiger charge is -2.10. The van der Waals surface area contributed by atoms with Gasteiger partial charge in [0.15, 0.2) is 5.13 Å². The maximum Gasteiger partial charge on any atom is 0.237 e. The summed E-state index contributed by atoms with van der Waals surface area (Å²) in [6.07, 6.45) is 3.01. The van der Waals surface area contributed by atoms with Crippen molar-refractivity contribution >= 4 is 26.5 Å². The van der Waals surface area contributed by atoms with Gasteiger partial charge in [-0.1, -0.05) is 23.2 Å². The minimum absolute atomic E-state index is 0.0314. The highest BCUT2D eigenvalue weighted by atomic mass is 32.2. The first-order valence-electron chi connectivity index (χ1n) is 5.86. The highest BCUT2D eigenvalue weighted by Crippen LogP contribution is 2.20. The molecule has 1 aromatic rings. The minimum atomic E-state index is -3.43. The Morgan fingerprint density at radius 3 is 3.16 bits per heavy atom. The van der Waals surface area contributed by atoms with Crippen LogP contribution in [0.2, 0.25) is 0 Å². The van der Waals surface area contributed by atoms with E-state index in [0.717, 1.165) is 12.8 Å². The Balaban J connectivity index is 1.97. The molecule has 0 aromatic carbocycles. The maximum atomic E-state index is 11.9. The molecular formula is C11H15N3O3S2. The molecule has 2 rings (SSSR count). The van der Waals surface area contributed by atoms with E-state index in [1.807, 2.05) is 0 Å². The van der Waals surface area contributed by atoms with Crippen LogP contribution in [0, 0.1) is 11.8 Å². The Bertz CT molecular complexity index is 580. The average Bonchev–Trinajstić information content (AvgIpc) is 2.97. The molecule has 0 bridgehead atoms. The molecule has 1 atom stereocenters. The Morgan fingerprint density at radius 2 is 2.47 bits per heavy atom. The number of aromatic nitrogens is 1. The number of hydrogen-bond donors (Lipinski definition) is 2. The van der Waals surface area contributed by atoms with E-state index in [1.54, 1.807) is 0 Å². The number of hydrogen-bond acceptors (Lipinski definition) is 6. The highest BCUT2D eigenvalue weighted by molar-refractivity contribution is 7.92. The lowest BCUT2D eigenvalue weighted by molar-refractivity contribution is 0.127. The molecule has 8 heteroatoms. The first-order valence-corrected chi connectivity index (χ1v) is 8.33. The summed E-state index contributed by atoms with van der Waals surface area (Å²) in [7, 11) is -3.43. The normalized spacial score (nSPS) is 18.9. The van der Waals surface area contributed by atoms with Gasteiger partial charge in [-0.05, 0) is 12.8 Å². The Hall–Kier alpha value is -1.14. The van der Waals surface area contributed by atoms with E-state index in [1.165, 1.54) is 17.5 Å². The summed E-state index contributed by atoms with van der Waals surface area (Å²) in [6, 6.07) is 0. The maximum absolute atomic E-state index is 11.9. The minimum Gasteiger partial charge on any atom is -0.377 e. The number of nitrogens with zero attached hydrogens (tertiary/aromatic N) is 1.